The predicted octanol–water partition coefficient (Wildman–Crippen LogP) is 9.03. The summed E-state index contributed by atoms with van der Waals surface area (Å²) >= 11 is 3.68. The van der Waals surface area contributed by atoms with Crippen molar-refractivity contribution in [1.82, 2.24) is 42.5 Å². The molecule has 3 aromatic rings. The molecule has 3 aromatic carbocycles. The van der Waals surface area contributed by atoms with E-state index in [1.807, 2.05) is 56.3 Å². The number of carbonyl (C=O) groups excluding carboxylic acids is 8. The van der Waals surface area contributed by atoms with Crippen molar-refractivity contribution >= 4 is 76.8 Å². The molecule has 0 aromatic heterocycles. The summed E-state index contributed by atoms with van der Waals surface area (Å²) in [6, 6.07) is 20.9. The number of hydrogen-bond donors (Lipinski definition) is 9. The van der Waals surface area contributed by atoms with E-state index in [4.69, 9.17) is 15.2 Å². The molecule has 0 bridgehead atoms. The zero-order chi connectivity index (χ0) is 73.1. The molecule has 2 aliphatic heterocycles. The molecule has 102 heavy (non-hydrogen) atoms. The van der Waals surface area contributed by atoms with Gasteiger partial charge in [0.1, 0.15) is 36.8 Å². The predicted molar refractivity (Wildman–Crippen MR) is 403 cm³/mol. The van der Waals surface area contributed by atoms with Crippen LogP contribution in [0, 0.1) is 52.3 Å². The van der Waals surface area contributed by atoms with E-state index in [-0.39, 0.29) is 56.2 Å². The number of carbonyl (C=O) groups is 8. The van der Waals surface area contributed by atoms with Gasteiger partial charge in [-0.25, -0.2) is 4.79 Å². The number of benzene rings is 3. The molecule has 4 aliphatic carbocycles. The van der Waals surface area contributed by atoms with Gasteiger partial charge in [-0.05, 0) is 141 Å². The summed E-state index contributed by atoms with van der Waals surface area (Å²) in [5, 5.41) is 24.3. The molecule has 0 unspecified atom stereocenters. The zero-order valence-electron chi connectivity index (χ0n) is 61.9. The molecule has 22 heteroatoms. The molecular formula is C80H117N10O10S2+. The third-order valence-corrected chi connectivity index (χ3v) is 25.5. The lowest BCUT2D eigenvalue weighted by Crippen LogP contribution is -2.61. The molecule has 0 radical (unpaired) electrons. The largest absolute Gasteiger partial charge is 0.459 e. The van der Waals surface area contributed by atoms with Gasteiger partial charge in [-0.3, -0.25) is 48.8 Å². The van der Waals surface area contributed by atoms with Crippen LogP contribution in [0.4, 0.5) is 0 Å². The summed E-state index contributed by atoms with van der Waals surface area (Å²) < 4.78 is 14.2. The van der Waals surface area contributed by atoms with Crippen LogP contribution in [-0.4, -0.2) is 148 Å². The summed E-state index contributed by atoms with van der Waals surface area (Å²) in [7, 11) is 0. The first-order chi connectivity index (χ1) is 48.8. The minimum Gasteiger partial charge on any atom is -0.459 e. The van der Waals surface area contributed by atoms with Crippen molar-refractivity contribution in [3.63, 3.8) is 0 Å². The van der Waals surface area contributed by atoms with Crippen LogP contribution in [0.1, 0.15) is 175 Å². The molecule has 3 fully saturated rings. The highest BCUT2D eigenvalue weighted by Crippen LogP contribution is 2.67. The van der Waals surface area contributed by atoms with Gasteiger partial charge in [0.2, 0.25) is 41.4 Å². The van der Waals surface area contributed by atoms with Gasteiger partial charge in [0.25, 0.3) is 0 Å². The van der Waals surface area contributed by atoms with Crippen molar-refractivity contribution in [2.24, 2.45) is 58.0 Å². The second-order valence-electron chi connectivity index (χ2n) is 31.4. The van der Waals surface area contributed by atoms with E-state index in [2.05, 4.69) is 99.6 Å². The van der Waals surface area contributed by atoms with E-state index in [0.29, 0.717) is 33.4 Å². The third-order valence-electron chi connectivity index (χ3n) is 22.9. The molecule has 9 rings (SSSR count). The monoisotopic (exact) mass is 1440 g/mol. The number of amides is 7. The average molecular weight is 1440 g/mol. The van der Waals surface area contributed by atoms with Gasteiger partial charge in [0.15, 0.2) is 0 Å². The fraction of sp³-hybridized carbons (Fsp3) is 0.637. The fourth-order valence-electron chi connectivity index (χ4n) is 17.3. The Morgan fingerprint density at radius 1 is 0.637 bits per heavy atom. The second-order valence-corrected chi connectivity index (χ2v) is 33.8. The molecule has 558 valence electrons. The third kappa shape index (κ3) is 22.1. The number of allylic oxidation sites excluding steroid dienone is 2. The normalized spacial score (nSPS) is 25.6. The minimum atomic E-state index is -1.58. The van der Waals surface area contributed by atoms with Crippen LogP contribution in [0.2, 0.25) is 0 Å². The number of guanidine groups is 1. The Kier molecular flexibility index (Phi) is 29.3. The fourth-order valence-corrected chi connectivity index (χ4v) is 19.5. The highest BCUT2D eigenvalue weighted by Gasteiger charge is 2.59. The Labute approximate surface area is 614 Å². The Bertz CT molecular complexity index is 3380. The number of primary amides is 1. The zero-order valence-corrected chi connectivity index (χ0v) is 63.5. The van der Waals surface area contributed by atoms with E-state index in [1.165, 1.54) is 89.3 Å². The second kappa shape index (κ2) is 37.7. The number of ether oxygens (including phenoxy) is 2. The lowest BCUT2D eigenvalue weighted by Gasteiger charge is -2.58. The number of hydrogen-bond acceptors (Lipinski definition) is 14. The van der Waals surface area contributed by atoms with Crippen LogP contribution in [-0.2, 0) is 67.5 Å². The maximum atomic E-state index is 14.5. The summed E-state index contributed by atoms with van der Waals surface area (Å²) in [5.41, 5.74) is 10.5. The SMILES string of the molecule is CC(C)CCC[C@@H](C)[C@H]1CC[C@H]2[C@@H]3CC=C4C[C@H](SC[C@@H]5CC[N+]6=C(N[C@H](CSCC(=O)NCC(=O)N[C@@H](C)C(=O)N[C@H](C(=O)N[C@@H](CC(C)C)C(=O)N[C@@H](CC(N)=O)C(=O)N[C@@H](Cc7ccccc7)C(=O)OCc7ccccc7)[C@@H](C)OCc7ccccc7)CC6)N5)CC[C@]4(C)[C@H]3CC[C@]12C. The molecule has 6 aliphatic rings. The van der Waals surface area contributed by atoms with E-state index in [0.717, 1.165) is 84.3 Å². The first kappa shape index (κ1) is 79.2. The smallest absolute Gasteiger partial charge is 0.346 e. The van der Waals surface area contributed by atoms with Crippen molar-refractivity contribution in [3.05, 3.63) is 119 Å². The number of rotatable bonds is 36. The molecule has 2 heterocycles. The van der Waals surface area contributed by atoms with E-state index < -0.39 is 84.1 Å². The molecule has 16 atom stereocenters. The van der Waals surface area contributed by atoms with Gasteiger partial charge in [0.05, 0.1) is 56.6 Å². The van der Waals surface area contributed by atoms with Gasteiger partial charge in [0, 0.05) is 36.0 Å². The van der Waals surface area contributed by atoms with Crippen LogP contribution in [0.25, 0.3) is 0 Å². The first-order valence-corrected chi connectivity index (χ1v) is 40.1. The maximum absolute atomic E-state index is 14.5. The molecule has 0 spiro atoms. The molecule has 20 nitrogen and oxygen atoms in total. The number of nitrogens with two attached hydrogens (primary N) is 1. The topological polar surface area (TPSA) is 280 Å². The summed E-state index contributed by atoms with van der Waals surface area (Å²) in [6.07, 6.45) is 18.2. The summed E-state index contributed by atoms with van der Waals surface area (Å²) in [4.78, 5) is 110. The quantitative estimate of drug-likeness (QED) is 0.0149. The molecule has 10 N–H and O–H groups in total. The van der Waals surface area contributed by atoms with E-state index in [1.54, 1.807) is 61.0 Å². The van der Waals surface area contributed by atoms with Gasteiger partial charge in [-0.2, -0.15) is 11.8 Å². The molecule has 7 amide bonds. The van der Waals surface area contributed by atoms with Crippen molar-refractivity contribution in [2.75, 3.05) is 36.9 Å². The first-order valence-electron chi connectivity index (χ1n) is 37.8. The Balaban J connectivity index is 0.715. The number of nitrogens with zero attached hydrogens (tertiary/aromatic N) is 1. The number of esters is 1. The van der Waals surface area contributed by atoms with Crippen molar-refractivity contribution in [2.45, 2.75) is 232 Å². The van der Waals surface area contributed by atoms with Crippen LogP contribution in [0.3, 0.4) is 0 Å². The number of fused-ring (bicyclic) bond motifs is 5. The highest BCUT2D eigenvalue weighted by molar-refractivity contribution is 8.00. The Morgan fingerprint density at radius 2 is 1.26 bits per heavy atom. The van der Waals surface area contributed by atoms with Crippen LogP contribution in [0.15, 0.2) is 103 Å². The van der Waals surface area contributed by atoms with Crippen molar-refractivity contribution in [1.29, 1.82) is 0 Å². The molecule has 0 saturated heterocycles. The van der Waals surface area contributed by atoms with E-state index in [9.17, 15) is 38.4 Å². The van der Waals surface area contributed by atoms with Gasteiger partial charge < -0.3 is 47.1 Å². The van der Waals surface area contributed by atoms with Crippen LogP contribution in [0.5, 0.6) is 0 Å². The maximum Gasteiger partial charge on any atom is 0.346 e. The number of nitrogens with one attached hydrogen (secondary N) is 8. The Morgan fingerprint density at radius 3 is 1.92 bits per heavy atom. The molecule has 3 saturated carbocycles. The van der Waals surface area contributed by atoms with E-state index >= 15 is 0 Å². The lowest BCUT2D eigenvalue weighted by atomic mass is 9.47. The van der Waals surface area contributed by atoms with Crippen molar-refractivity contribution < 1.29 is 52.4 Å². The average Bonchev–Trinajstić information content (AvgIpc) is 1.39. The lowest BCUT2D eigenvalue weighted by molar-refractivity contribution is -0.542. The summed E-state index contributed by atoms with van der Waals surface area (Å²) in [5.74, 6) is 1.96. The number of thioether (sulfide) groups is 2. The van der Waals surface area contributed by atoms with Gasteiger partial charge >= 0.3 is 11.9 Å². The van der Waals surface area contributed by atoms with Gasteiger partial charge in [-0.15, -0.1) is 11.8 Å². The summed E-state index contributed by atoms with van der Waals surface area (Å²) in [6.45, 7) is 20.9. The minimum absolute atomic E-state index is 0.0220. The van der Waals surface area contributed by atoms with Crippen LogP contribution >= 0.6 is 23.5 Å². The van der Waals surface area contributed by atoms with Crippen LogP contribution < -0.4 is 48.3 Å². The highest BCUT2D eigenvalue weighted by atomic mass is 32.2. The standard InChI is InChI=1S/C80H116N10O10S2/c1-50(2)20-19-21-52(5)63-30-31-64-62-29-28-58-42-61(32-36-79(58,8)65(62)33-37-80(63,64)9)102-48-60-35-39-90-38-34-59(84-78(90)85-60)47-101-49-71(93)82-44-70(92)83-53(6)73(94)89-72(54(7)99-45-56-24-15-11-16-25-56)76(97)87-66(40-51(3)4)74(95)86-67(43-69(81)91)75(96)88-68(41-55-22-13-10-14-23-55)77(98)100-46-57-26-17-12-18-27-57/h10-18,22-28,50-54,59-68,72H,19-21,29-49H2,1-9H3,(H9,81,82,83,84,85,86,87,88,89,91,92,93,94,95,96,97)/p+1/t52-,53+,54-,59+,60+,61-,62+,63-,64+,65+,66+,67+,68+,72+,79+,80-/m1/s1. The van der Waals surface area contributed by atoms with Gasteiger partial charge in [-0.1, -0.05) is 170 Å². The Hall–Kier alpha value is -6.91. The van der Waals surface area contributed by atoms with Crippen molar-refractivity contribution in [3.8, 4) is 0 Å². The molecular weight excluding hydrogens is 1330 g/mol.